The molecule has 4 heteroatoms. The van der Waals surface area contributed by atoms with Crippen LogP contribution in [-0.4, -0.2) is 29.9 Å². The number of hydrogen-bond acceptors (Lipinski definition) is 3. The van der Waals surface area contributed by atoms with Gasteiger partial charge in [-0.25, -0.2) is 4.79 Å². The van der Waals surface area contributed by atoms with Crippen molar-refractivity contribution in [2.45, 2.75) is 77.9 Å². The van der Waals surface area contributed by atoms with Gasteiger partial charge in [-0.1, -0.05) is 39.0 Å². The molecular formula is C20H32O4. The van der Waals surface area contributed by atoms with Gasteiger partial charge in [0.05, 0.1) is 17.8 Å². The van der Waals surface area contributed by atoms with Gasteiger partial charge in [-0.2, -0.15) is 0 Å². The maximum Gasteiger partial charge on any atom is 0.335 e. The Morgan fingerprint density at radius 1 is 1.00 bits per heavy atom. The fourth-order valence-corrected chi connectivity index (χ4v) is 2.66. The van der Waals surface area contributed by atoms with E-state index in [-0.39, 0.29) is 17.8 Å². The molecule has 4 nitrogen and oxygen atoms in total. The lowest BCUT2D eigenvalue weighted by atomic mass is 10.1. The Morgan fingerprint density at radius 3 is 2.25 bits per heavy atom. The van der Waals surface area contributed by atoms with E-state index in [1.807, 2.05) is 6.92 Å². The van der Waals surface area contributed by atoms with Gasteiger partial charge in [-0.05, 0) is 44.5 Å². The Balaban J connectivity index is 2.17. The number of carboxylic acid groups (broad SMARTS) is 1. The van der Waals surface area contributed by atoms with E-state index in [2.05, 4.69) is 13.8 Å². The molecule has 1 N–H and O–H groups in total. The molecule has 0 aliphatic heterocycles. The highest BCUT2D eigenvalue weighted by Gasteiger charge is 2.11. The highest BCUT2D eigenvalue weighted by atomic mass is 16.5. The van der Waals surface area contributed by atoms with E-state index in [0.29, 0.717) is 5.75 Å². The molecule has 0 unspecified atom stereocenters. The van der Waals surface area contributed by atoms with Crippen molar-refractivity contribution in [2.75, 3.05) is 6.61 Å². The average Bonchev–Trinajstić information content (AvgIpc) is 2.54. The van der Waals surface area contributed by atoms with Gasteiger partial charge in [0.2, 0.25) is 0 Å². The average molecular weight is 336 g/mol. The third-order valence-corrected chi connectivity index (χ3v) is 4.00. The number of ether oxygens (including phenoxy) is 2. The van der Waals surface area contributed by atoms with Crippen LogP contribution < -0.4 is 4.74 Å². The van der Waals surface area contributed by atoms with Gasteiger partial charge in [-0.3, -0.25) is 0 Å². The van der Waals surface area contributed by atoms with Crippen molar-refractivity contribution in [2.24, 2.45) is 0 Å². The van der Waals surface area contributed by atoms with Crippen molar-refractivity contribution >= 4 is 5.97 Å². The van der Waals surface area contributed by atoms with Crippen LogP contribution in [0.1, 0.15) is 76.1 Å². The topological polar surface area (TPSA) is 55.8 Å². The van der Waals surface area contributed by atoms with Crippen LogP contribution >= 0.6 is 0 Å². The fourth-order valence-electron chi connectivity index (χ4n) is 2.66. The maximum atomic E-state index is 10.8. The Morgan fingerprint density at radius 2 is 1.62 bits per heavy atom. The summed E-state index contributed by atoms with van der Waals surface area (Å²) in [4.78, 5) is 10.8. The number of aromatic carboxylic acids is 1. The second-order valence-electron chi connectivity index (χ2n) is 6.44. The second-order valence-corrected chi connectivity index (χ2v) is 6.44. The third kappa shape index (κ3) is 8.92. The molecule has 0 bridgehead atoms. The van der Waals surface area contributed by atoms with E-state index in [1.165, 1.54) is 32.1 Å². The zero-order chi connectivity index (χ0) is 17.8. The molecule has 0 saturated heterocycles. The van der Waals surface area contributed by atoms with Gasteiger partial charge in [0.25, 0.3) is 0 Å². The molecule has 1 rings (SSSR count). The summed E-state index contributed by atoms with van der Waals surface area (Å²) in [5, 5.41) is 8.88. The van der Waals surface area contributed by atoms with Crippen LogP contribution in [0.4, 0.5) is 0 Å². The van der Waals surface area contributed by atoms with E-state index in [1.54, 1.807) is 24.3 Å². The van der Waals surface area contributed by atoms with Crippen LogP contribution in [0.5, 0.6) is 5.75 Å². The number of carbonyl (C=O) groups is 1. The number of benzene rings is 1. The van der Waals surface area contributed by atoms with Gasteiger partial charge < -0.3 is 14.6 Å². The Labute approximate surface area is 146 Å². The molecule has 0 amide bonds. The summed E-state index contributed by atoms with van der Waals surface area (Å²) in [6, 6.07) is 6.51. The first-order valence-corrected chi connectivity index (χ1v) is 9.14. The standard InChI is InChI=1S/C20H32O4/c1-4-5-6-7-8-9-14-23-16(2)15-17(3)24-19-12-10-18(11-13-19)20(21)22/h10-13,16-17H,4-9,14-15H2,1-3H3,(H,21,22)/t16-,17+/m1/s1. The number of carboxylic acids is 1. The smallest absolute Gasteiger partial charge is 0.335 e. The van der Waals surface area contributed by atoms with Crippen molar-refractivity contribution in [1.29, 1.82) is 0 Å². The summed E-state index contributed by atoms with van der Waals surface area (Å²) in [6.45, 7) is 7.13. The minimum absolute atomic E-state index is 0.0280. The molecule has 0 saturated carbocycles. The fraction of sp³-hybridized carbons (Fsp3) is 0.650. The summed E-state index contributed by atoms with van der Waals surface area (Å²) in [5.74, 6) is -0.234. The number of rotatable bonds is 13. The largest absolute Gasteiger partial charge is 0.491 e. The summed E-state index contributed by atoms with van der Waals surface area (Å²) >= 11 is 0. The predicted molar refractivity (Wildman–Crippen MR) is 96.9 cm³/mol. The highest BCUT2D eigenvalue weighted by Crippen LogP contribution is 2.16. The predicted octanol–water partition coefficient (Wildman–Crippen LogP) is 5.31. The monoisotopic (exact) mass is 336 g/mol. The molecular weight excluding hydrogens is 304 g/mol. The molecule has 1 aromatic rings. The number of unbranched alkanes of at least 4 members (excludes halogenated alkanes) is 5. The lowest BCUT2D eigenvalue weighted by Crippen LogP contribution is -2.21. The number of hydrogen-bond donors (Lipinski definition) is 1. The molecule has 0 aliphatic carbocycles. The zero-order valence-corrected chi connectivity index (χ0v) is 15.3. The molecule has 136 valence electrons. The molecule has 24 heavy (non-hydrogen) atoms. The normalized spacial score (nSPS) is 13.5. The van der Waals surface area contributed by atoms with Gasteiger partial charge in [0.1, 0.15) is 5.75 Å². The molecule has 0 radical (unpaired) electrons. The zero-order valence-electron chi connectivity index (χ0n) is 15.3. The molecule has 0 aromatic heterocycles. The highest BCUT2D eigenvalue weighted by molar-refractivity contribution is 5.87. The van der Waals surface area contributed by atoms with Crippen LogP contribution in [-0.2, 0) is 4.74 Å². The van der Waals surface area contributed by atoms with E-state index in [9.17, 15) is 4.79 Å². The Kier molecular flexibility index (Phi) is 10.2. The van der Waals surface area contributed by atoms with Crippen molar-refractivity contribution in [3.8, 4) is 5.75 Å². The molecule has 0 heterocycles. The summed E-state index contributed by atoms with van der Waals surface area (Å²) in [6.07, 6.45) is 8.62. The SMILES string of the molecule is CCCCCCCCO[C@H](C)C[C@H](C)Oc1ccc(C(=O)O)cc1. The van der Waals surface area contributed by atoms with Gasteiger partial charge in [-0.15, -0.1) is 0 Å². The minimum atomic E-state index is -0.925. The lowest BCUT2D eigenvalue weighted by Gasteiger charge is -2.19. The van der Waals surface area contributed by atoms with Crippen LogP contribution in [0.25, 0.3) is 0 Å². The molecule has 1 aromatic carbocycles. The van der Waals surface area contributed by atoms with Crippen molar-refractivity contribution in [3.63, 3.8) is 0 Å². The van der Waals surface area contributed by atoms with Crippen LogP contribution in [0, 0.1) is 0 Å². The Bertz CT molecular complexity index is 455. The van der Waals surface area contributed by atoms with Crippen molar-refractivity contribution in [1.82, 2.24) is 0 Å². The quantitative estimate of drug-likeness (QED) is 0.496. The summed E-state index contributed by atoms with van der Waals surface area (Å²) in [5.41, 5.74) is 0.269. The van der Waals surface area contributed by atoms with E-state index >= 15 is 0 Å². The molecule has 0 fully saturated rings. The van der Waals surface area contributed by atoms with Gasteiger partial charge in [0, 0.05) is 13.0 Å². The summed E-state index contributed by atoms with van der Waals surface area (Å²) < 4.78 is 11.7. The Hall–Kier alpha value is -1.55. The lowest BCUT2D eigenvalue weighted by molar-refractivity contribution is 0.0327. The minimum Gasteiger partial charge on any atom is -0.491 e. The molecule has 0 spiro atoms. The second kappa shape index (κ2) is 11.9. The van der Waals surface area contributed by atoms with E-state index < -0.39 is 5.97 Å². The first kappa shape index (κ1) is 20.5. The van der Waals surface area contributed by atoms with E-state index in [0.717, 1.165) is 19.4 Å². The van der Waals surface area contributed by atoms with Gasteiger partial charge in [0.15, 0.2) is 0 Å². The van der Waals surface area contributed by atoms with Crippen molar-refractivity contribution in [3.05, 3.63) is 29.8 Å². The molecule has 2 atom stereocenters. The maximum absolute atomic E-state index is 10.8. The van der Waals surface area contributed by atoms with E-state index in [4.69, 9.17) is 14.6 Å². The first-order valence-electron chi connectivity index (χ1n) is 9.14. The third-order valence-electron chi connectivity index (χ3n) is 4.00. The van der Waals surface area contributed by atoms with Crippen molar-refractivity contribution < 1.29 is 19.4 Å². The first-order chi connectivity index (χ1) is 11.5. The molecule has 0 aliphatic rings. The van der Waals surface area contributed by atoms with Crippen LogP contribution in [0.15, 0.2) is 24.3 Å². The van der Waals surface area contributed by atoms with Crippen LogP contribution in [0.3, 0.4) is 0 Å². The van der Waals surface area contributed by atoms with Crippen LogP contribution in [0.2, 0.25) is 0 Å². The van der Waals surface area contributed by atoms with Gasteiger partial charge >= 0.3 is 5.97 Å². The summed E-state index contributed by atoms with van der Waals surface area (Å²) in [7, 11) is 0.